The number of rotatable bonds is 5. The predicted molar refractivity (Wildman–Crippen MR) is 84.1 cm³/mol. The van der Waals surface area contributed by atoms with Crippen LogP contribution in [0.4, 0.5) is 0 Å². The van der Waals surface area contributed by atoms with Crippen molar-refractivity contribution in [3.8, 4) is 11.5 Å². The highest BCUT2D eigenvalue weighted by Crippen LogP contribution is 2.25. The van der Waals surface area contributed by atoms with Crippen LogP contribution in [0.5, 0.6) is 11.5 Å². The minimum absolute atomic E-state index is 0.0718. The molecule has 2 N–H and O–H groups in total. The van der Waals surface area contributed by atoms with Gasteiger partial charge in [-0.05, 0) is 36.4 Å². The summed E-state index contributed by atoms with van der Waals surface area (Å²) >= 11 is 0. The number of benzene rings is 2. The Labute approximate surface area is 138 Å². The number of aromatic carboxylic acids is 1. The first-order chi connectivity index (χ1) is 11.5. The maximum atomic E-state index is 11.8. The van der Waals surface area contributed by atoms with Crippen LogP contribution in [0, 0.1) is 0 Å². The molecular formula is C17H15N2O5-. The third kappa shape index (κ3) is 3.70. The summed E-state index contributed by atoms with van der Waals surface area (Å²) in [5.41, 5.74) is 0.103. The van der Waals surface area contributed by atoms with Crippen molar-refractivity contribution in [2.45, 2.75) is 0 Å². The molecule has 2 rings (SSSR count). The Morgan fingerprint density at radius 2 is 1.54 bits per heavy atom. The molecule has 24 heavy (non-hydrogen) atoms. The average Bonchev–Trinajstić information content (AvgIpc) is 2.60. The van der Waals surface area contributed by atoms with E-state index in [2.05, 4.69) is 10.6 Å². The van der Waals surface area contributed by atoms with Gasteiger partial charge in [-0.25, -0.2) is 0 Å². The van der Waals surface area contributed by atoms with Crippen LogP contribution in [-0.4, -0.2) is 31.9 Å². The first kappa shape index (κ1) is 17.0. The van der Waals surface area contributed by atoms with E-state index in [-0.39, 0.29) is 22.8 Å². The standard InChI is InChI=1S/C17H16N2O5/c1-18-15(20)10-4-3-5-11(8-10)24-12-6-7-13(17(22)23)14(9-12)16(21)19-2/h3-9H,1-2H3,(H,18,20)(H,19,21)(H,22,23)/p-1. The van der Waals surface area contributed by atoms with Gasteiger partial charge in [0.05, 0.1) is 11.5 Å². The number of hydrogen-bond donors (Lipinski definition) is 2. The number of ether oxygens (including phenoxy) is 1. The molecule has 7 nitrogen and oxygen atoms in total. The first-order valence-electron chi connectivity index (χ1n) is 7.03. The molecule has 124 valence electrons. The van der Waals surface area contributed by atoms with Crippen LogP contribution in [0.25, 0.3) is 0 Å². The second-order valence-electron chi connectivity index (χ2n) is 4.78. The largest absolute Gasteiger partial charge is 0.545 e. The summed E-state index contributed by atoms with van der Waals surface area (Å²) in [5.74, 6) is -1.66. The van der Waals surface area contributed by atoms with Gasteiger partial charge < -0.3 is 25.3 Å². The predicted octanol–water partition coefficient (Wildman–Crippen LogP) is 0.562. The van der Waals surface area contributed by atoms with Gasteiger partial charge in [0.15, 0.2) is 0 Å². The van der Waals surface area contributed by atoms with Gasteiger partial charge in [-0.3, -0.25) is 9.59 Å². The van der Waals surface area contributed by atoms with Crippen molar-refractivity contribution in [1.82, 2.24) is 10.6 Å². The molecule has 2 aromatic rings. The second-order valence-corrected chi connectivity index (χ2v) is 4.78. The molecule has 0 aliphatic rings. The lowest BCUT2D eigenvalue weighted by Gasteiger charge is -2.12. The van der Waals surface area contributed by atoms with E-state index in [0.29, 0.717) is 11.3 Å². The Morgan fingerprint density at radius 1 is 0.875 bits per heavy atom. The van der Waals surface area contributed by atoms with E-state index in [1.807, 2.05) is 0 Å². The van der Waals surface area contributed by atoms with E-state index < -0.39 is 11.9 Å². The Balaban J connectivity index is 2.35. The van der Waals surface area contributed by atoms with Crippen molar-refractivity contribution in [1.29, 1.82) is 0 Å². The summed E-state index contributed by atoms with van der Waals surface area (Å²) in [7, 11) is 2.91. The molecule has 0 bridgehead atoms. The van der Waals surface area contributed by atoms with Crippen LogP contribution in [0.1, 0.15) is 31.1 Å². The fourth-order valence-electron chi connectivity index (χ4n) is 2.07. The molecule has 0 heterocycles. The molecule has 0 aliphatic carbocycles. The molecule has 0 spiro atoms. The van der Waals surface area contributed by atoms with Gasteiger partial charge in [0, 0.05) is 25.2 Å². The molecule has 7 heteroatoms. The fourth-order valence-corrected chi connectivity index (χ4v) is 2.07. The molecule has 2 amide bonds. The quantitative estimate of drug-likeness (QED) is 0.834. The van der Waals surface area contributed by atoms with Crippen molar-refractivity contribution in [3.05, 3.63) is 59.2 Å². The van der Waals surface area contributed by atoms with E-state index in [0.717, 1.165) is 0 Å². The molecule has 0 fully saturated rings. The molecule has 2 aromatic carbocycles. The minimum Gasteiger partial charge on any atom is -0.545 e. The molecular weight excluding hydrogens is 312 g/mol. The van der Waals surface area contributed by atoms with Gasteiger partial charge in [0.2, 0.25) is 0 Å². The number of carbonyl (C=O) groups excluding carboxylic acids is 3. The van der Waals surface area contributed by atoms with Crippen LogP contribution in [0.3, 0.4) is 0 Å². The first-order valence-corrected chi connectivity index (χ1v) is 7.03. The third-order valence-electron chi connectivity index (χ3n) is 3.24. The number of nitrogens with one attached hydrogen (secondary N) is 2. The molecule has 0 aliphatic heterocycles. The summed E-state index contributed by atoms with van der Waals surface area (Å²) in [5, 5.41) is 16.0. The highest BCUT2D eigenvalue weighted by atomic mass is 16.5. The zero-order chi connectivity index (χ0) is 17.7. The van der Waals surface area contributed by atoms with E-state index in [1.54, 1.807) is 18.2 Å². The van der Waals surface area contributed by atoms with Gasteiger partial charge in [0.25, 0.3) is 11.8 Å². The lowest BCUT2D eigenvalue weighted by atomic mass is 10.1. The Hall–Kier alpha value is -3.35. The van der Waals surface area contributed by atoms with Gasteiger partial charge in [-0.15, -0.1) is 0 Å². The minimum atomic E-state index is -1.46. The summed E-state index contributed by atoms with van der Waals surface area (Å²) in [4.78, 5) is 34.5. The van der Waals surface area contributed by atoms with Crippen molar-refractivity contribution < 1.29 is 24.2 Å². The van der Waals surface area contributed by atoms with Gasteiger partial charge >= 0.3 is 0 Å². The monoisotopic (exact) mass is 327 g/mol. The Bertz CT molecular complexity index is 801. The number of carboxylic acids is 1. The highest BCUT2D eigenvalue weighted by Gasteiger charge is 2.13. The second kappa shape index (κ2) is 7.28. The van der Waals surface area contributed by atoms with Crippen molar-refractivity contribution >= 4 is 17.8 Å². The number of carbonyl (C=O) groups is 3. The van der Waals surface area contributed by atoms with Gasteiger partial charge in [0.1, 0.15) is 11.5 Å². The van der Waals surface area contributed by atoms with E-state index >= 15 is 0 Å². The zero-order valence-corrected chi connectivity index (χ0v) is 13.1. The maximum Gasteiger partial charge on any atom is 0.251 e. The van der Waals surface area contributed by atoms with E-state index in [1.165, 1.54) is 38.4 Å². The van der Waals surface area contributed by atoms with Crippen molar-refractivity contribution in [2.24, 2.45) is 0 Å². The summed E-state index contributed by atoms with van der Waals surface area (Å²) in [6, 6.07) is 10.4. The Morgan fingerprint density at radius 3 is 2.17 bits per heavy atom. The molecule has 0 saturated carbocycles. The fraction of sp³-hybridized carbons (Fsp3) is 0.118. The number of carboxylic acid groups (broad SMARTS) is 1. The van der Waals surface area contributed by atoms with Gasteiger partial charge in [-0.1, -0.05) is 6.07 Å². The van der Waals surface area contributed by atoms with E-state index in [4.69, 9.17) is 4.74 Å². The molecule has 0 atom stereocenters. The van der Waals surface area contributed by atoms with Crippen LogP contribution in [-0.2, 0) is 0 Å². The smallest absolute Gasteiger partial charge is 0.251 e. The SMILES string of the molecule is CNC(=O)c1cccc(Oc2ccc(C(=O)[O-])c(C(=O)NC)c2)c1. The lowest BCUT2D eigenvalue weighted by molar-refractivity contribution is -0.255. The van der Waals surface area contributed by atoms with Crippen LogP contribution in [0.2, 0.25) is 0 Å². The normalized spacial score (nSPS) is 9.92. The average molecular weight is 327 g/mol. The molecule has 0 saturated heterocycles. The van der Waals surface area contributed by atoms with E-state index in [9.17, 15) is 19.5 Å². The van der Waals surface area contributed by atoms with Gasteiger partial charge in [-0.2, -0.15) is 0 Å². The molecule has 0 aromatic heterocycles. The third-order valence-corrected chi connectivity index (χ3v) is 3.24. The molecule has 0 radical (unpaired) electrons. The highest BCUT2D eigenvalue weighted by molar-refractivity contribution is 6.04. The number of amides is 2. The maximum absolute atomic E-state index is 11.8. The van der Waals surface area contributed by atoms with Crippen LogP contribution >= 0.6 is 0 Å². The lowest BCUT2D eigenvalue weighted by Crippen LogP contribution is -2.28. The zero-order valence-electron chi connectivity index (χ0n) is 13.1. The molecule has 0 unspecified atom stereocenters. The van der Waals surface area contributed by atoms with Crippen molar-refractivity contribution in [3.63, 3.8) is 0 Å². The van der Waals surface area contributed by atoms with Crippen LogP contribution in [0.15, 0.2) is 42.5 Å². The summed E-state index contributed by atoms with van der Waals surface area (Å²) in [6.45, 7) is 0. The van der Waals surface area contributed by atoms with Crippen molar-refractivity contribution in [2.75, 3.05) is 14.1 Å². The number of hydrogen-bond acceptors (Lipinski definition) is 5. The Kier molecular flexibility index (Phi) is 5.16. The topological polar surface area (TPSA) is 108 Å². The summed E-state index contributed by atoms with van der Waals surface area (Å²) < 4.78 is 5.61. The summed E-state index contributed by atoms with van der Waals surface area (Å²) in [6.07, 6.45) is 0. The van der Waals surface area contributed by atoms with Crippen LogP contribution < -0.4 is 20.5 Å².